The highest BCUT2D eigenvalue weighted by atomic mass is 32.2. The summed E-state index contributed by atoms with van der Waals surface area (Å²) in [7, 11) is -2.71. The third-order valence-corrected chi connectivity index (χ3v) is 11.6. The van der Waals surface area contributed by atoms with Gasteiger partial charge in [-0.3, -0.25) is 14.4 Å². The molecule has 4 atom stereocenters. The number of nitrogens with one attached hydrogen (secondary N) is 3. The molecule has 0 unspecified atom stereocenters. The minimum atomic E-state index is -4.30. The number of carbonyl (C=O) groups is 3. The van der Waals surface area contributed by atoms with E-state index in [1.165, 1.54) is 17.9 Å². The number of benzene rings is 3. The van der Waals surface area contributed by atoms with Crippen LogP contribution in [0.2, 0.25) is 0 Å². The van der Waals surface area contributed by atoms with Crippen LogP contribution in [-0.2, 0) is 24.4 Å². The van der Waals surface area contributed by atoms with Gasteiger partial charge in [0.15, 0.2) is 0 Å². The Hall–Kier alpha value is -5.43. The summed E-state index contributed by atoms with van der Waals surface area (Å²) in [6, 6.07) is 22.5. The molecule has 13 heteroatoms. The summed E-state index contributed by atoms with van der Waals surface area (Å²) in [6.45, 7) is 2.11. The molecule has 3 N–H and O–H groups in total. The first-order valence-corrected chi connectivity index (χ1v) is 19.4. The first kappa shape index (κ1) is 36.0. The number of hydrogen-bond donors (Lipinski definition) is 3. The second-order valence-electron chi connectivity index (χ2n) is 13.8. The van der Waals surface area contributed by atoms with E-state index in [0.717, 1.165) is 36.6 Å². The molecule has 276 valence electrons. The topological polar surface area (TPSA) is 156 Å². The highest BCUT2D eigenvalue weighted by Crippen LogP contribution is 2.46. The molecule has 1 aliphatic carbocycles. The number of hydrogen-bond acceptors (Lipinski definition) is 9. The van der Waals surface area contributed by atoms with Crippen molar-refractivity contribution in [3.8, 4) is 22.8 Å². The number of rotatable bonds is 6. The summed E-state index contributed by atoms with van der Waals surface area (Å²) in [5, 5.41) is 6.83. The third-order valence-electron chi connectivity index (χ3n) is 10.2. The molecular weight excluding hydrogens is 695 g/mol. The van der Waals surface area contributed by atoms with Gasteiger partial charge >= 0.3 is 0 Å². The highest BCUT2D eigenvalue weighted by Gasteiger charge is 2.61. The normalized spacial score (nSPS) is 24.0. The van der Waals surface area contributed by atoms with E-state index in [-0.39, 0.29) is 30.2 Å². The predicted octanol–water partition coefficient (Wildman–Crippen LogP) is 5.20. The van der Waals surface area contributed by atoms with Crippen molar-refractivity contribution in [3.05, 3.63) is 91.0 Å². The molecule has 4 aromatic rings. The zero-order valence-corrected chi connectivity index (χ0v) is 30.5. The summed E-state index contributed by atoms with van der Waals surface area (Å²) in [5.74, 6) is -0.940. The van der Waals surface area contributed by atoms with Crippen LogP contribution in [-0.4, -0.2) is 73.9 Å². The predicted molar refractivity (Wildman–Crippen MR) is 201 cm³/mol. The fourth-order valence-electron chi connectivity index (χ4n) is 7.26. The molecule has 12 nitrogen and oxygen atoms in total. The largest absolute Gasteiger partial charge is 0.497 e. The van der Waals surface area contributed by atoms with Crippen LogP contribution in [0.25, 0.3) is 22.2 Å². The van der Waals surface area contributed by atoms with Crippen molar-refractivity contribution >= 4 is 44.3 Å². The van der Waals surface area contributed by atoms with Gasteiger partial charge < -0.3 is 25.0 Å². The molecule has 0 spiro atoms. The third kappa shape index (κ3) is 7.57. The van der Waals surface area contributed by atoms with Crippen LogP contribution in [0.1, 0.15) is 45.4 Å². The summed E-state index contributed by atoms with van der Waals surface area (Å²) in [5.41, 5.74) is 1.13. The fourth-order valence-corrected chi connectivity index (χ4v) is 8.49. The van der Waals surface area contributed by atoms with Crippen LogP contribution in [0.3, 0.4) is 0 Å². The number of amides is 3. The number of pyridine rings is 1. The molecule has 3 heterocycles. The standard InChI is InChI=1S/C40H43N5O7S/c1-26(46)45-25-30(52-36-23-33(27-13-7-6-8-14-27)42-34-21-29(51-2)18-19-31(34)36)22-35(45)38(47)43-40-24-28(40)15-9-4-3-5-12-20-41-32-16-10-11-17-37(32)53(49,50)44-39(40)48/h6-11,13-19,21,23,28,30,35,41H,3-5,12,20,22,24-25H2,1-2H3,(H,43,47)(H,44,48)/t28-,30-,35+,40-/m1/s1. The zero-order valence-electron chi connectivity index (χ0n) is 29.7. The summed E-state index contributed by atoms with van der Waals surface area (Å²) in [4.78, 5) is 47.3. The number of para-hydroxylation sites is 1. The maximum absolute atomic E-state index is 14.2. The van der Waals surface area contributed by atoms with E-state index < -0.39 is 45.4 Å². The van der Waals surface area contributed by atoms with Gasteiger partial charge in [0.25, 0.3) is 15.9 Å². The van der Waals surface area contributed by atoms with Crippen LogP contribution in [0.4, 0.5) is 5.69 Å². The number of nitrogens with zero attached hydrogens (tertiary/aromatic N) is 2. The zero-order chi connectivity index (χ0) is 37.2. The van der Waals surface area contributed by atoms with Crippen LogP contribution >= 0.6 is 0 Å². The molecule has 0 bridgehead atoms. The number of ether oxygens (including phenoxy) is 2. The molecule has 7 rings (SSSR count). The lowest BCUT2D eigenvalue weighted by Crippen LogP contribution is -2.56. The van der Waals surface area contributed by atoms with Crippen molar-refractivity contribution in [2.45, 2.75) is 68.0 Å². The van der Waals surface area contributed by atoms with Gasteiger partial charge in [0.05, 0.1) is 30.6 Å². The Morgan fingerprint density at radius 3 is 2.58 bits per heavy atom. The Bertz CT molecular complexity index is 2180. The van der Waals surface area contributed by atoms with Gasteiger partial charge in [0, 0.05) is 48.9 Å². The maximum atomic E-state index is 14.2. The molecule has 3 amide bonds. The number of likely N-dealkylation sites (tertiary alicyclic amines) is 1. The smallest absolute Gasteiger partial charge is 0.266 e. The first-order valence-electron chi connectivity index (χ1n) is 17.9. The van der Waals surface area contributed by atoms with E-state index in [9.17, 15) is 22.8 Å². The second kappa shape index (κ2) is 14.9. The van der Waals surface area contributed by atoms with Crippen LogP contribution in [0, 0.1) is 5.92 Å². The molecule has 3 aromatic carbocycles. The Morgan fingerprint density at radius 2 is 1.79 bits per heavy atom. The number of anilines is 1. The number of allylic oxidation sites excluding steroid dienone is 1. The van der Waals surface area contributed by atoms with Gasteiger partial charge in [-0.1, -0.05) is 61.0 Å². The van der Waals surface area contributed by atoms with Crippen LogP contribution in [0.5, 0.6) is 11.5 Å². The second-order valence-corrected chi connectivity index (χ2v) is 15.5. The quantitative estimate of drug-likeness (QED) is 0.227. The fraction of sp³-hybridized carbons (Fsp3) is 0.350. The molecule has 2 fully saturated rings. The Kier molecular flexibility index (Phi) is 10.1. The van der Waals surface area contributed by atoms with Crippen LogP contribution in [0.15, 0.2) is 95.9 Å². The molecular formula is C40H43N5O7S. The van der Waals surface area contributed by atoms with E-state index in [1.54, 1.807) is 25.3 Å². The van der Waals surface area contributed by atoms with Crippen molar-refractivity contribution < 1.29 is 32.3 Å². The molecule has 2 aliphatic heterocycles. The minimum absolute atomic E-state index is 0.0477. The molecule has 3 aliphatic rings. The van der Waals surface area contributed by atoms with Crippen molar-refractivity contribution in [3.63, 3.8) is 0 Å². The Labute approximate surface area is 309 Å². The summed E-state index contributed by atoms with van der Waals surface area (Å²) < 4.78 is 41.5. The van der Waals surface area contributed by atoms with E-state index >= 15 is 0 Å². The summed E-state index contributed by atoms with van der Waals surface area (Å²) >= 11 is 0. The monoisotopic (exact) mass is 737 g/mol. The van der Waals surface area contributed by atoms with Crippen molar-refractivity contribution in [1.29, 1.82) is 0 Å². The van der Waals surface area contributed by atoms with E-state index in [2.05, 4.69) is 15.4 Å². The average molecular weight is 738 g/mol. The number of methoxy groups -OCH3 is 1. The van der Waals surface area contributed by atoms with Gasteiger partial charge in [-0.2, -0.15) is 0 Å². The van der Waals surface area contributed by atoms with E-state index in [0.29, 0.717) is 34.9 Å². The average Bonchev–Trinajstić information content (AvgIpc) is 3.68. The van der Waals surface area contributed by atoms with Crippen molar-refractivity contribution in [2.75, 3.05) is 25.5 Å². The number of aromatic nitrogens is 1. The molecule has 1 aromatic heterocycles. The van der Waals surface area contributed by atoms with Gasteiger partial charge in [-0.05, 0) is 49.9 Å². The molecule has 0 radical (unpaired) electrons. The van der Waals surface area contributed by atoms with Gasteiger partial charge in [0.2, 0.25) is 11.8 Å². The number of sulfonamides is 1. The lowest BCUT2D eigenvalue weighted by molar-refractivity contribution is -0.138. The number of fused-ring (bicyclic) bond motifs is 3. The Morgan fingerprint density at radius 1 is 1.00 bits per heavy atom. The van der Waals surface area contributed by atoms with Crippen molar-refractivity contribution in [2.24, 2.45) is 5.92 Å². The first-order chi connectivity index (χ1) is 25.6. The Balaban J connectivity index is 1.15. The van der Waals surface area contributed by atoms with Gasteiger partial charge in [0.1, 0.15) is 34.1 Å². The minimum Gasteiger partial charge on any atom is -0.497 e. The van der Waals surface area contributed by atoms with Crippen LogP contribution < -0.4 is 24.8 Å². The van der Waals surface area contributed by atoms with Gasteiger partial charge in [-0.25, -0.2) is 18.1 Å². The van der Waals surface area contributed by atoms with E-state index in [1.807, 2.05) is 66.7 Å². The highest BCUT2D eigenvalue weighted by molar-refractivity contribution is 7.90. The SMILES string of the molecule is COc1ccc2c(O[C@@H]3C[C@@H](C(=O)N[C@]45C[C@H]4C=CCCCCCNc4ccccc4S(=O)(=O)NC5=O)N(C(C)=O)C3)cc(-c3ccccc3)nc2c1. The van der Waals surface area contributed by atoms with Crippen molar-refractivity contribution in [1.82, 2.24) is 19.9 Å². The lowest BCUT2D eigenvalue weighted by atomic mass is 10.1. The molecule has 1 saturated carbocycles. The molecule has 53 heavy (non-hydrogen) atoms. The maximum Gasteiger partial charge on any atom is 0.266 e. The van der Waals surface area contributed by atoms with Gasteiger partial charge in [-0.15, -0.1) is 0 Å². The lowest BCUT2D eigenvalue weighted by Gasteiger charge is -2.25. The molecule has 1 saturated heterocycles. The number of carbonyl (C=O) groups excluding carboxylic acids is 3. The summed E-state index contributed by atoms with van der Waals surface area (Å²) in [6.07, 6.45) is 7.21. The van der Waals surface area contributed by atoms with E-state index in [4.69, 9.17) is 14.5 Å².